The van der Waals surface area contributed by atoms with Crippen molar-refractivity contribution >= 4 is 0 Å². The monoisotopic (exact) mass is 2520 g/mol. The minimum atomic E-state index is -2.46. The van der Waals surface area contributed by atoms with Gasteiger partial charge in [-0.1, -0.05) is 204 Å². The molecule has 1 atom stereocenters. The average Bonchev–Trinajstić information content (AvgIpc) is 1.05. The molecular weight excluding hydrogens is 2400 g/mol. The Balaban J connectivity index is 0.000000196. The number of nitrogens with zero attached hydrogens (tertiary/aromatic N) is 8. The molecule has 8 heterocycles. The molecule has 0 spiro atoms. The Bertz CT molecular complexity index is 7320. The minimum absolute atomic E-state index is 0. The topological polar surface area (TPSA) is 103 Å². The molecule has 1 unspecified atom stereocenters. The van der Waals surface area contributed by atoms with E-state index in [2.05, 4.69) is 151 Å². The number of aryl methyl sites for hydroxylation is 5. The molecule has 0 aliphatic heterocycles. The van der Waals surface area contributed by atoms with E-state index < -0.39 is 51.4 Å². The van der Waals surface area contributed by atoms with Crippen LogP contribution in [0.2, 0.25) is 0 Å². The fraction of sp³-hybridized carbons (Fsp3) is 0.104. The molecule has 0 saturated heterocycles. The zero-order chi connectivity index (χ0) is 107. The molecule has 8 nitrogen and oxygen atoms in total. The van der Waals surface area contributed by atoms with Crippen LogP contribution >= 0.6 is 0 Å². The zero-order valence-corrected chi connectivity index (χ0v) is 85.6. The second kappa shape index (κ2) is 58.1. The maximum Gasteiger partial charge on any atom is 0.126 e. The third kappa shape index (κ3) is 33.4. The van der Waals surface area contributed by atoms with Crippen LogP contribution < -0.4 is 0 Å². The smallest absolute Gasteiger partial charge is 0.126 e. The molecular formula is C125H105FIr4N8-8. The fourth-order valence-electron chi connectivity index (χ4n) is 13.6. The van der Waals surface area contributed by atoms with Crippen LogP contribution in [0.25, 0.3) is 135 Å². The van der Waals surface area contributed by atoms with Gasteiger partial charge >= 0.3 is 0 Å². The minimum Gasteiger partial charge on any atom is -0.305 e. The fourth-order valence-corrected chi connectivity index (χ4v) is 13.6. The summed E-state index contributed by atoms with van der Waals surface area (Å²) in [6.45, 7) is -0.125. The SMILES string of the molecule is CCc1cc(-c2[c-]cccc2)ncc1-c1ccccc1.Cc1cc(-c2[c-]cccc2)ncc1-c1ccccc1.[2H]C(C)(C)C([2H])([2H])c1cc(-c2ccnc(-c3[c-]cccc3)c2)ccc1F.[2H]C([2H])([2H])C([2H])(C)c1cc(-c2[c-]cccc2)ncc1-c1ccccc1.[2H]C([2H])([2H])c1ccc(-c2[c-]cccc2)nc1.[2H]C([2H])([2H])c1ccc(-c2[c-]cccc2)nc1.[2H]C([2H])([2H])c1ccc(-c2[c-]cccc2)nc1.[Ir].[Ir].[Ir].[Ir].[c-]1ccccc1-c1ccccn1. The van der Waals surface area contributed by atoms with Crippen LogP contribution in [0.15, 0.2) is 438 Å². The van der Waals surface area contributed by atoms with Crippen molar-refractivity contribution in [1.82, 2.24) is 39.9 Å². The average molecular weight is 2520 g/mol. The number of aromatic nitrogens is 8. The molecule has 12 aromatic carbocycles. The van der Waals surface area contributed by atoms with Crippen LogP contribution in [0.1, 0.15) is 101 Å². The number of rotatable bonds is 16. The van der Waals surface area contributed by atoms with Crippen molar-refractivity contribution in [2.45, 2.75) is 80.7 Å². The van der Waals surface area contributed by atoms with Crippen molar-refractivity contribution in [2.24, 2.45) is 5.89 Å². The standard InChI is InChI=1S/C21H19FN.C20H18N.C19H16N.C18H14N.3C12H10N.C11H8N.4Ir/c1-15(2)12-19-13-17(8-9-20(19)22)18-10-11-23-21(14-18)16-6-4-3-5-7-16;1-15(2)18-13-20(17-11-7-4-8-12-17)21-14-19(18)16-9-5-3-6-10-16;1-2-15-13-19(17-11-7-4-8-12-17)20-14-18(15)16-9-5-3-6-10-16;1-14-12-18(16-10-6-3-7-11-16)19-13-17(14)15-8-4-2-5-9-15;3*1-10-7-8-12(13-9-10)11-5-3-2-4-6-11;1-2-6-10(7-3-1)11-8-4-5-9-12-11;;;;/h3-6,8-11,13-15H,12H2,1-2H3;3-11,13-15H,1-2H3;3-11,13-14H,2H2,1H3;2-10,12-13H,1H3;3*2-5,7-9H,1H3;1-6,8-9H;;;;/q8*-1;;;;/i12D2,15D;1D3,15D;;;3*1D3;;;;;. The van der Waals surface area contributed by atoms with Gasteiger partial charge in [-0.2, -0.15) is 0 Å². The maximum absolute atomic E-state index is 14.3. The van der Waals surface area contributed by atoms with Crippen LogP contribution in [-0.2, 0) is 93.2 Å². The number of hydrogen-bond acceptors (Lipinski definition) is 8. The molecule has 0 aliphatic carbocycles. The summed E-state index contributed by atoms with van der Waals surface area (Å²) in [6, 6.07) is 146. The quantitative estimate of drug-likeness (QED) is 0.0882. The number of benzene rings is 12. The van der Waals surface area contributed by atoms with E-state index >= 15 is 0 Å². The molecule has 0 bridgehead atoms. The largest absolute Gasteiger partial charge is 0.305 e. The summed E-state index contributed by atoms with van der Waals surface area (Å²) in [5.74, 6) is -3.88. The van der Waals surface area contributed by atoms with Crippen molar-refractivity contribution < 1.29 is 107 Å². The van der Waals surface area contributed by atoms with Crippen LogP contribution in [0.5, 0.6) is 0 Å². The van der Waals surface area contributed by atoms with Crippen LogP contribution in [0.3, 0.4) is 0 Å². The van der Waals surface area contributed by atoms with Crippen molar-refractivity contribution in [1.29, 1.82) is 0 Å². The van der Waals surface area contributed by atoms with Crippen molar-refractivity contribution in [3.05, 3.63) is 531 Å². The summed E-state index contributed by atoms with van der Waals surface area (Å²) in [4.78, 5) is 34.6. The molecule has 20 aromatic rings. The van der Waals surface area contributed by atoms with E-state index in [0.29, 0.717) is 22.4 Å². The van der Waals surface area contributed by atoms with Crippen molar-refractivity contribution in [3.63, 3.8) is 0 Å². The van der Waals surface area contributed by atoms with Gasteiger partial charge in [-0.3, -0.25) is 0 Å². The second-order valence-corrected chi connectivity index (χ2v) is 30.3. The van der Waals surface area contributed by atoms with Crippen LogP contribution in [-0.4, -0.2) is 39.9 Å². The molecule has 696 valence electrons. The summed E-state index contributed by atoms with van der Waals surface area (Å²) in [6.07, 6.45) is 12.1. The molecule has 0 aliphatic rings. The Labute approximate surface area is 892 Å². The van der Waals surface area contributed by atoms with Crippen LogP contribution in [0.4, 0.5) is 4.39 Å². The first kappa shape index (κ1) is 86.0. The summed E-state index contributed by atoms with van der Waals surface area (Å²) >= 11 is 0. The normalized spacial score (nSPS) is 12.7. The molecule has 8 aromatic heterocycles. The third-order valence-corrected chi connectivity index (χ3v) is 20.3. The Morgan fingerprint density at radius 2 is 0.616 bits per heavy atom. The first-order valence-corrected chi connectivity index (χ1v) is 43.4. The van der Waals surface area contributed by atoms with Gasteiger partial charge in [0.25, 0.3) is 0 Å². The van der Waals surface area contributed by atoms with Gasteiger partial charge in [0.05, 0.1) is 0 Å². The second-order valence-electron chi connectivity index (χ2n) is 30.3. The summed E-state index contributed by atoms with van der Waals surface area (Å²) < 4.78 is 136. The number of hydrogen-bond donors (Lipinski definition) is 0. The zero-order valence-electron chi connectivity index (χ0n) is 92.1. The molecule has 0 N–H and O–H groups in total. The van der Waals surface area contributed by atoms with E-state index in [9.17, 15) is 4.39 Å². The first-order chi connectivity index (χ1) is 71.9. The first-order valence-electron chi connectivity index (χ1n) is 51.4. The number of halogens is 1. The Kier molecular flexibility index (Phi) is 36.2. The third-order valence-electron chi connectivity index (χ3n) is 20.3. The predicted molar refractivity (Wildman–Crippen MR) is 551 cm³/mol. The molecule has 4 radical (unpaired) electrons. The van der Waals surface area contributed by atoms with Gasteiger partial charge in [-0.25, -0.2) is 4.39 Å². The number of pyridine rings is 8. The Hall–Kier alpha value is -13.6. The summed E-state index contributed by atoms with van der Waals surface area (Å²) in [5.41, 5.74) is 25.2. The summed E-state index contributed by atoms with van der Waals surface area (Å²) in [5, 5.41) is 0. The maximum atomic E-state index is 14.3. The van der Waals surface area contributed by atoms with E-state index in [4.69, 9.17) is 21.9 Å². The van der Waals surface area contributed by atoms with E-state index in [1.807, 2.05) is 261 Å². The Morgan fingerprint density at radius 1 is 0.290 bits per heavy atom. The molecule has 0 fully saturated rings. The molecule has 20 rings (SSSR count). The van der Waals surface area contributed by atoms with E-state index in [-0.39, 0.29) is 103 Å². The van der Waals surface area contributed by atoms with E-state index in [1.54, 1.807) is 97.5 Å². The predicted octanol–water partition coefficient (Wildman–Crippen LogP) is 31.3. The summed E-state index contributed by atoms with van der Waals surface area (Å²) in [7, 11) is 0. The van der Waals surface area contributed by atoms with E-state index in [1.165, 1.54) is 84.9 Å². The van der Waals surface area contributed by atoms with Crippen molar-refractivity contribution in [3.8, 4) is 135 Å². The molecule has 0 amide bonds. The molecule has 0 saturated carbocycles. The van der Waals surface area contributed by atoms with Gasteiger partial charge in [-0.05, 0) is 189 Å². The van der Waals surface area contributed by atoms with Gasteiger partial charge in [0.15, 0.2) is 0 Å². The van der Waals surface area contributed by atoms with Crippen LogP contribution in [0, 0.1) is 87.7 Å². The molecule has 13 heteroatoms. The van der Waals surface area contributed by atoms with Gasteiger partial charge < -0.3 is 39.9 Å². The van der Waals surface area contributed by atoms with Gasteiger partial charge in [0.2, 0.25) is 0 Å². The van der Waals surface area contributed by atoms with E-state index in [0.717, 1.165) is 102 Å². The van der Waals surface area contributed by atoms with Crippen molar-refractivity contribution in [2.75, 3.05) is 0 Å². The molecule has 138 heavy (non-hydrogen) atoms. The van der Waals surface area contributed by atoms with Gasteiger partial charge in [0, 0.05) is 169 Å². The Morgan fingerprint density at radius 3 is 0.964 bits per heavy atom. The van der Waals surface area contributed by atoms with Gasteiger partial charge in [-0.15, -0.1) is 287 Å². The van der Waals surface area contributed by atoms with Gasteiger partial charge in [0.1, 0.15) is 5.82 Å².